The molecule has 108 valence electrons. The zero-order valence-corrected chi connectivity index (χ0v) is 13.1. The fourth-order valence-corrected chi connectivity index (χ4v) is 2.75. The van der Waals surface area contributed by atoms with Crippen LogP contribution >= 0.6 is 11.6 Å². The van der Waals surface area contributed by atoms with E-state index in [2.05, 4.69) is 31.4 Å². The van der Waals surface area contributed by atoms with Gasteiger partial charge >= 0.3 is 0 Å². The van der Waals surface area contributed by atoms with E-state index >= 15 is 0 Å². The monoisotopic (exact) mass is 299 g/mol. The van der Waals surface area contributed by atoms with E-state index in [4.69, 9.17) is 22.3 Å². The van der Waals surface area contributed by atoms with E-state index in [1.807, 2.05) is 36.4 Å². The molecule has 0 spiro atoms. The Morgan fingerprint density at radius 1 is 1.10 bits per heavy atom. The Morgan fingerprint density at radius 2 is 1.81 bits per heavy atom. The van der Waals surface area contributed by atoms with E-state index in [-0.39, 0.29) is 5.54 Å². The number of nitrogens with zero attached hydrogens (tertiary/aromatic N) is 2. The summed E-state index contributed by atoms with van der Waals surface area (Å²) < 4.78 is 2.24. The third-order valence-electron chi connectivity index (χ3n) is 3.49. The first-order valence-electron chi connectivity index (χ1n) is 6.91. The van der Waals surface area contributed by atoms with Crippen molar-refractivity contribution < 1.29 is 0 Å². The Bertz CT molecular complexity index is 813. The second-order valence-electron chi connectivity index (χ2n) is 6.17. The summed E-state index contributed by atoms with van der Waals surface area (Å²) in [4.78, 5) is 4.78. The molecule has 0 aliphatic carbocycles. The molecule has 21 heavy (non-hydrogen) atoms. The SMILES string of the molecule is CC(C)(C)n1c(-c2ccc(N)c(Cl)c2)nc2ccccc21. The molecule has 0 bridgehead atoms. The topological polar surface area (TPSA) is 43.8 Å². The molecule has 0 radical (unpaired) electrons. The van der Waals surface area contributed by atoms with Gasteiger partial charge in [-0.2, -0.15) is 0 Å². The van der Waals surface area contributed by atoms with Crippen molar-refractivity contribution in [3.63, 3.8) is 0 Å². The molecular formula is C17H18ClN3. The first-order valence-corrected chi connectivity index (χ1v) is 7.29. The van der Waals surface area contributed by atoms with Gasteiger partial charge in [0, 0.05) is 11.1 Å². The summed E-state index contributed by atoms with van der Waals surface area (Å²) in [6, 6.07) is 13.8. The van der Waals surface area contributed by atoms with Crippen molar-refractivity contribution >= 4 is 28.3 Å². The Kier molecular flexibility index (Phi) is 3.18. The van der Waals surface area contributed by atoms with E-state index < -0.39 is 0 Å². The molecule has 3 aromatic rings. The highest BCUT2D eigenvalue weighted by Crippen LogP contribution is 2.33. The van der Waals surface area contributed by atoms with Gasteiger partial charge in [-0.3, -0.25) is 0 Å². The third kappa shape index (κ3) is 2.38. The lowest BCUT2D eigenvalue weighted by Crippen LogP contribution is -2.22. The van der Waals surface area contributed by atoms with Crippen molar-refractivity contribution in [2.75, 3.05) is 5.73 Å². The molecule has 0 saturated carbocycles. The van der Waals surface area contributed by atoms with Crippen molar-refractivity contribution in [3.8, 4) is 11.4 Å². The van der Waals surface area contributed by atoms with Gasteiger partial charge in [0.25, 0.3) is 0 Å². The van der Waals surface area contributed by atoms with Crippen LogP contribution < -0.4 is 5.73 Å². The number of benzene rings is 2. The van der Waals surface area contributed by atoms with Crippen LogP contribution in [0.4, 0.5) is 5.69 Å². The van der Waals surface area contributed by atoms with Crippen LogP contribution in [0.3, 0.4) is 0 Å². The molecule has 0 fully saturated rings. The van der Waals surface area contributed by atoms with E-state index in [0.717, 1.165) is 22.4 Å². The van der Waals surface area contributed by atoms with Gasteiger partial charge in [0.1, 0.15) is 5.82 Å². The van der Waals surface area contributed by atoms with Crippen LogP contribution in [0.1, 0.15) is 20.8 Å². The van der Waals surface area contributed by atoms with Gasteiger partial charge in [-0.05, 0) is 51.1 Å². The molecular weight excluding hydrogens is 282 g/mol. The van der Waals surface area contributed by atoms with E-state index in [9.17, 15) is 0 Å². The predicted molar refractivity (Wildman–Crippen MR) is 89.6 cm³/mol. The van der Waals surface area contributed by atoms with E-state index in [1.54, 1.807) is 0 Å². The second kappa shape index (κ2) is 4.78. The number of rotatable bonds is 1. The van der Waals surface area contributed by atoms with Crippen molar-refractivity contribution in [2.24, 2.45) is 0 Å². The molecule has 0 aliphatic heterocycles. The van der Waals surface area contributed by atoms with Gasteiger partial charge in [-0.15, -0.1) is 0 Å². The fourth-order valence-electron chi connectivity index (χ4n) is 2.56. The minimum atomic E-state index is -0.0840. The summed E-state index contributed by atoms with van der Waals surface area (Å²) in [6.45, 7) is 6.51. The summed E-state index contributed by atoms with van der Waals surface area (Å²) in [5.41, 5.74) is 9.38. The number of imidazole rings is 1. The Balaban J connectivity index is 2.33. The summed E-state index contributed by atoms with van der Waals surface area (Å²) in [5, 5.41) is 0.556. The van der Waals surface area contributed by atoms with E-state index in [0.29, 0.717) is 10.7 Å². The smallest absolute Gasteiger partial charge is 0.141 e. The quantitative estimate of drug-likeness (QED) is 0.662. The molecule has 0 amide bonds. The lowest BCUT2D eigenvalue weighted by atomic mass is 10.1. The molecule has 2 N–H and O–H groups in total. The number of nitrogens with two attached hydrogens (primary N) is 1. The average molecular weight is 300 g/mol. The lowest BCUT2D eigenvalue weighted by Gasteiger charge is -2.24. The fraction of sp³-hybridized carbons (Fsp3) is 0.235. The predicted octanol–water partition coefficient (Wildman–Crippen LogP) is 4.69. The highest BCUT2D eigenvalue weighted by atomic mass is 35.5. The average Bonchev–Trinajstić information content (AvgIpc) is 2.81. The standard InChI is InChI=1S/C17H18ClN3/c1-17(2,3)21-15-7-5-4-6-14(15)20-16(21)11-8-9-13(19)12(18)10-11/h4-10H,19H2,1-3H3. The second-order valence-corrected chi connectivity index (χ2v) is 6.57. The van der Waals surface area contributed by atoms with Crippen molar-refractivity contribution in [1.82, 2.24) is 9.55 Å². The summed E-state index contributed by atoms with van der Waals surface area (Å²) >= 11 is 6.17. The molecule has 0 unspecified atom stereocenters. The molecule has 1 aromatic heterocycles. The molecule has 0 aliphatic rings. The van der Waals surface area contributed by atoms with Crippen molar-refractivity contribution in [2.45, 2.75) is 26.3 Å². The number of para-hydroxylation sites is 2. The van der Waals surface area contributed by atoms with Gasteiger partial charge < -0.3 is 10.3 Å². The maximum atomic E-state index is 6.17. The molecule has 1 heterocycles. The van der Waals surface area contributed by atoms with Crippen LogP contribution in [-0.4, -0.2) is 9.55 Å². The number of nitrogen functional groups attached to an aromatic ring is 1. The van der Waals surface area contributed by atoms with Crippen LogP contribution in [0.5, 0.6) is 0 Å². The maximum Gasteiger partial charge on any atom is 0.141 e. The molecule has 4 heteroatoms. The Hall–Kier alpha value is -2.00. The molecule has 0 atom stereocenters. The number of fused-ring (bicyclic) bond motifs is 1. The number of hydrogen-bond acceptors (Lipinski definition) is 2. The highest BCUT2D eigenvalue weighted by Gasteiger charge is 2.22. The summed E-state index contributed by atoms with van der Waals surface area (Å²) in [6.07, 6.45) is 0. The number of hydrogen-bond donors (Lipinski definition) is 1. The van der Waals surface area contributed by atoms with E-state index in [1.165, 1.54) is 0 Å². The minimum absolute atomic E-state index is 0.0840. The molecule has 2 aromatic carbocycles. The first kappa shape index (κ1) is 14.0. The largest absolute Gasteiger partial charge is 0.398 e. The van der Waals surface area contributed by atoms with Gasteiger partial charge in [0.15, 0.2) is 0 Å². The maximum absolute atomic E-state index is 6.17. The van der Waals surface area contributed by atoms with Gasteiger partial charge in [0.05, 0.1) is 21.7 Å². The van der Waals surface area contributed by atoms with Gasteiger partial charge in [-0.25, -0.2) is 4.98 Å². The van der Waals surface area contributed by atoms with Crippen LogP contribution in [0.2, 0.25) is 5.02 Å². The zero-order valence-electron chi connectivity index (χ0n) is 12.4. The number of aromatic nitrogens is 2. The molecule has 3 nitrogen and oxygen atoms in total. The Labute approximate surface area is 129 Å². The summed E-state index contributed by atoms with van der Waals surface area (Å²) in [7, 11) is 0. The first-order chi connectivity index (χ1) is 9.88. The third-order valence-corrected chi connectivity index (χ3v) is 3.82. The van der Waals surface area contributed by atoms with Crippen LogP contribution in [0, 0.1) is 0 Å². The Morgan fingerprint density at radius 3 is 2.48 bits per heavy atom. The highest BCUT2D eigenvalue weighted by molar-refractivity contribution is 6.33. The minimum Gasteiger partial charge on any atom is -0.398 e. The summed E-state index contributed by atoms with van der Waals surface area (Å²) in [5.74, 6) is 0.908. The molecule has 0 saturated heterocycles. The van der Waals surface area contributed by atoms with Crippen LogP contribution in [-0.2, 0) is 5.54 Å². The van der Waals surface area contributed by atoms with Gasteiger partial charge in [-0.1, -0.05) is 23.7 Å². The van der Waals surface area contributed by atoms with Crippen LogP contribution in [0.25, 0.3) is 22.4 Å². The number of halogens is 1. The van der Waals surface area contributed by atoms with Crippen LogP contribution in [0.15, 0.2) is 42.5 Å². The molecule has 3 rings (SSSR count). The van der Waals surface area contributed by atoms with Gasteiger partial charge in [0.2, 0.25) is 0 Å². The zero-order chi connectivity index (χ0) is 15.2. The van der Waals surface area contributed by atoms with Crippen molar-refractivity contribution in [3.05, 3.63) is 47.5 Å². The number of anilines is 1. The normalized spacial score (nSPS) is 12.0. The van der Waals surface area contributed by atoms with Crippen molar-refractivity contribution in [1.29, 1.82) is 0 Å². The lowest BCUT2D eigenvalue weighted by molar-refractivity contribution is 0.413.